The van der Waals surface area contributed by atoms with Crippen molar-refractivity contribution >= 4 is 16.7 Å². The minimum absolute atomic E-state index is 0.0509. The zero-order valence-electron chi connectivity index (χ0n) is 12.9. The zero-order valence-corrected chi connectivity index (χ0v) is 12.9. The highest BCUT2D eigenvalue weighted by Crippen LogP contribution is 2.24. The summed E-state index contributed by atoms with van der Waals surface area (Å²) in [5.74, 6) is -0.406. The van der Waals surface area contributed by atoms with Crippen LogP contribution in [-0.4, -0.2) is 20.8 Å². The van der Waals surface area contributed by atoms with Gasteiger partial charge in [0.25, 0.3) is 11.2 Å². The predicted molar refractivity (Wildman–Crippen MR) is 84.9 cm³/mol. The molecule has 0 aliphatic rings. The van der Waals surface area contributed by atoms with Gasteiger partial charge in [0.15, 0.2) is 0 Å². The molecule has 134 valence electrons. The Hall–Kier alpha value is -3.43. The van der Waals surface area contributed by atoms with E-state index in [0.29, 0.717) is 11.1 Å². The summed E-state index contributed by atoms with van der Waals surface area (Å²) >= 11 is 0. The number of fused-ring (bicyclic) bond motifs is 1. The Balaban J connectivity index is 2.01. The summed E-state index contributed by atoms with van der Waals surface area (Å²) in [5.41, 5.74) is 0.260. The van der Waals surface area contributed by atoms with Crippen molar-refractivity contribution in [3.05, 3.63) is 74.7 Å². The van der Waals surface area contributed by atoms with Crippen LogP contribution in [0.2, 0.25) is 0 Å². The Kier molecular flexibility index (Phi) is 4.33. The maximum absolute atomic E-state index is 12.3. The number of halogens is 3. The summed E-state index contributed by atoms with van der Waals surface area (Å²) in [6, 6.07) is 9.03. The molecule has 0 fully saturated rings. The van der Waals surface area contributed by atoms with Crippen LogP contribution in [-0.2, 0) is 6.54 Å². The van der Waals surface area contributed by atoms with Crippen molar-refractivity contribution in [2.75, 3.05) is 0 Å². The number of hydrogen-bond donors (Lipinski definition) is 0. The first-order valence-electron chi connectivity index (χ1n) is 7.21. The van der Waals surface area contributed by atoms with Crippen LogP contribution < -0.4 is 10.3 Å². The number of non-ortho nitro benzene ring substituents is 1. The molecule has 0 aliphatic heterocycles. The average molecular weight is 365 g/mol. The molecule has 7 nitrogen and oxygen atoms in total. The molecule has 0 unspecified atom stereocenters. The van der Waals surface area contributed by atoms with Crippen LogP contribution in [0.25, 0.3) is 11.0 Å². The number of rotatable bonds is 4. The maximum atomic E-state index is 12.3. The lowest BCUT2D eigenvalue weighted by Crippen LogP contribution is -2.21. The molecule has 0 spiro atoms. The predicted octanol–water partition coefficient (Wildman–Crippen LogP) is 3.25. The second-order valence-electron chi connectivity index (χ2n) is 5.31. The molecule has 3 aromatic rings. The van der Waals surface area contributed by atoms with E-state index in [1.807, 2.05) is 0 Å². The Morgan fingerprint density at radius 2 is 1.96 bits per heavy atom. The summed E-state index contributed by atoms with van der Waals surface area (Å²) in [7, 11) is 0. The van der Waals surface area contributed by atoms with Gasteiger partial charge in [-0.3, -0.25) is 14.9 Å². The first-order chi connectivity index (χ1) is 12.2. The lowest BCUT2D eigenvalue weighted by molar-refractivity contribution is -0.384. The standard InChI is InChI=1S/C16H10F3N3O4/c17-16(18,19)26-12-3-1-2-10(6-12)9-21-14-5-4-11(22(24)25)7-13(14)20-8-15(21)23/h1-8H,9H2. The molecular formula is C16H10F3N3O4. The van der Waals surface area contributed by atoms with Gasteiger partial charge in [0, 0.05) is 12.1 Å². The highest BCUT2D eigenvalue weighted by atomic mass is 19.4. The molecule has 10 heteroatoms. The largest absolute Gasteiger partial charge is 0.573 e. The summed E-state index contributed by atoms with van der Waals surface area (Å²) in [6.07, 6.45) is -3.82. The SMILES string of the molecule is O=c1cnc2cc([N+](=O)[O-])ccc2n1Cc1cccc(OC(F)(F)F)c1. The Morgan fingerprint density at radius 3 is 2.65 bits per heavy atom. The van der Waals surface area contributed by atoms with E-state index < -0.39 is 22.6 Å². The van der Waals surface area contributed by atoms with Gasteiger partial charge in [0.05, 0.1) is 28.7 Å². The van der Waals surface area contributed by atoms with E-state index in [9.17, 15) is 28.1 Å². The molecule has 0 aliphatic carbocycles. The van der Waals surface area contributed by atoms with Crippen molar-refractivity contribution in [2.45, 2.75) is 12.9 Å². The van der Waals surface area contributed by atoms with E-state index in [4.69, 9.17) is 0 Å². The molecule has 0 radical (unpaired) electrons. The van der Waals surface area contributed by atoms with Gasteiger partial charge in [-0.25, -0.2) is 4.98 Å². The third-order valence-corrected chi connectivity index (χ3v) is 3.51. The number of nitro groups is 1. The Bertz CT molecular complexity index is 1050. The highest BCUT2D eigenvalue weighted by molar-refractivity contribution is 5.77. The summed E-state index contributed by atoms with van der Waals surface area (Å²) in [6.45, 7) is -0.0509. The van der Waals surface area contributed by atoms with Gasteiger partial charge in [-0.2, -0.15) is 0 Å². The maximum Gasteiger partial charge on any atom is 0.573 e. The van der Waals surface area contributed by atoms with Gasteiger partial charge in [0.1, 0.15) is 5.75 Å². The number of nitrogens with zero attached hydrogens (tertiary/aromatic N) is 3. The fourth-order valence-corrected chi connectivity index (χ4v) is 2.46. The Labute approximate surface area is 143 Å². The van der Waals surface area contributed by atoms with Crippen LogP contribution >= 0.6 is 0 Å². The number of benzene rings is 2. The van der Waals surface area contributed by atoms with Crippen LogP contribution in [0.4, 0.5) is 18.9 Å². The number of nitro benzene ring substituents is 1. The van der Waals surface area contributed by atoms with Crippen molar-refractivity contribution in [1.82, 2.24) is 9.55 Å². The van der Waals surface area contributed by atoms with Gasteiger partial charge in [-0.1, -0.05) is 12.1 Å². The van der Waals surface area contributed by atoms with Crippen LogP contribution in [0.5, 0.6) is 5.75 Å². The summed E-state index contributed by atoms with van der Waals surface area (Å²) in [4.78, 5) is 26.3. The zero-order chi connectivity index (χ0) is 18.9. The van der Waals surface area contributed by atoms with Crippen LogP contribution in [0.15, 0.2) is 53.5 Å². The van der Waals surface area contributed by atoms with Crippen molar-refractivity contribution in [1.29, 1.82) is 0 Å². The van der Waals surface area contributed by atoms with Crippen molar-refractivity contribution in [3.63, 3.8) is 0 Å². The minimum Gasteiger partial charge on any atom is -0.406 e. The molecule has 3 rings (SSSR count). The third-order valence-electron chi connectivity index (χ3n) is 3.51. The number of alkyl halides is 3. The molecule has 0 N–H and O–H groups in total. The van der Waals surface area contributed by atoms with E-state index >= 15 is 0 Å². The molecule has 0 saturated heterocycles. The Morgan fingerprint density at radius 1 is 1.19 bits per heavy atom. The lowest BCUT2D eigenvalue weighted by atomic mass is 10.2. The molecule has 0 atom stereocenters. The molecule has 0 amide bonds. The average Bonchev–Trinajstić information content (AvgIpc) is 2.56. The summed E-state index contributed by atoms with van der Waals surface area (Å²) < 4.78 is 42.1. The van der Waals surface area contributed by atoms with E-state index in [2.05, 4.69) is 9.72 Å². The lowest BCUT2D eigenvalue weighted by Gasteiger charge is -2.12. The monoisotopic (exact) mass is 365 g/mol. The first kappa shape index (κ1) is 17.4. The van der Waals surface area contributed by atoms with Gasteiger partial charge in [-0.15, -0.1) is 13.2 Å². The van der Waals surface area contributed by atoms with Gasteiger partial charge in [0.2, 0.25) is 0 Å². The smallest absolute Gasteiger partial charge is 0.406 e. The van der Waals surface area contributed by atoms with Gasteiger partial charge < -0.3 is 9.30 Å². The van der Waals surface area contributed by atoms with Crippen molar-refractivity contribution in [2.24, 2.45) is 0 Å². The van der Waals surface area contributed by atoms with Gasteiger partial charge in [-0.05, 0) is 23.8 Å². The molecule has 2 aromatic carbocycles. The minimum atomic E-state index is -4.82. The van der Waals surface area contributed by atoms with Crippen molar-refractivity contribution in [3.8, 4) is 5.75 Å². The molecular weight excluding hydrogens is 355 g/mol. The van der Waals surface area contributed by atoms with Crippen molar-refractivity contribution < 1.29 is 22.8 Å². The molecule has 0 saturated carbocycles. The second-order valence-corrected chi connectivity index (χ2v) is 5.31. The number of ether oxygens (including phenoxy) is 1. The second kappa shape index (κ2) is 6.47. The van der Waals surface area contributed by atoms with Gasteiger partial charge >= 0.3 is 6.36 Å². The first-order valence-corrected chi connectivity index (χ1v) is 7.21. The fourth-order valence-electron chi connectivity index (χ4n) is 2.46. The normalized spacial score (nSPS) is 11.5. The van der Waals surface area contributed by atoms with E-state index in [-0.39, 0.29) is 17.7 Å². The summed E-state index contributed by atoms with van der Waals surface area (Å²) in [5, 5.41) is 10.8. The molecule has 1 heterocycles. The van der Waals surface area contributed by atoms with E-state index in [1.54, 1.807) is 0 Å². The molecule has 0 bridgehead atoms. The molecule has 26 heavy (non-hydrogen) atoms. The van der Waals surface area contributed by atoms with Crippen LogP contribution in [0.1, 0.15) is 5.56 Å². The number of aromatic nitrogens is 2. The quantitative estimate of drug-likeness (QED) is 0.523. The fraction of sp³-hybridized carbons (Fsp3) is 0.125. The van der Waals surface area contributed by atoms with E-state index in [0.717, 1.165) is 18.3 Å². The van der Waals surface area contributed by atoms with Crippen LogP contribution in [0, 0.1) is 10.1 Å². The van der Waals surface area contributed by atoms with Crippen LogP contribution in [0.3, 0.4) is 0 Å². The van der Waals surface area contributed by atoms with E-state index in [1.165, 1.54) is 34.9 Å². The third kappa shape index (κ3) is 3.79. The highest BCUT2D eigenvalue weighted by Gasteiger charge is 2.31. The topological polar surface area (TPSA) is 87.3 Å². The molecule has 1 aromatic heterocycles. The number of hydrogen-bond acceptors (Lipinski definition) is 5.